The highest BCUT2D eigenvalue weighted by atomic mass is 16.2. The van der Waals surface area contributed by atoms with Gasteiger partial charge in [-0.3, -0.25) is 23.5 Å². The number of nitrogens with one attached hydrogen (secondary N) is 3. The number of fused-ring (bicyclic) bond motifs is 1. The summed E-state index contributed by atoms with van der Waals surface area (Å²) >= 11 is 0. The Morgan fingerprint density at radius 2 is 1.79 bits per heavy atom. The van der Waals surface area contributed by atoms with Gasteiger partial charge in [0.15, 0.2) is 0 Å². The van der Waals surface area contributed by atoms with Crippen LogP contribution in [-0.2, 0) is 25.4 Å². The van der Waals surface area contributed by atoms with Gasteiger partial charge >= 0.3 is 5.69 Å². The van der Waals surface area contributed by atoms with Gasteiger partial charge in [0.1, 0.15) is 5.69 Å². The van der Waals surface area contributed by atoms with E-state index >= 15 is 0 Å². The summed E-state index contributed by atoms with van der Waals surface area (Å²) in [5, 5.41) is 6.26. The van der Waals surface area contributed by atoms with Crippen molar-refractivity contribution >= 4 is 22.7 Å². The fourth-order valence-corrected chi connectivity index (χ4v) is 2.81. The Morgan fingerprint density at radius 1 is 1.04 bits per heavy atom. The number of hydrogen-bond donors (Lipinski definition) is 3. The smallest absolute Gasteiger partial charge is 0.330 e. The monoisotopic (exact) mass is 383 g/mol. The van der Waals surface area contributed by atoms with Crippen LogP contribution in [0.3, 0.4) is 0 Å². The van der Waals surface area contributed by atoms with Gasteiger partial charge in [0.05, 0.1) is 6.54 Å². The van der Waals surface area contributed by atoms with E-state index in [1.807, 2.05) is 24.3 Å². The summed E-state index contributed by atoms with van der Waals surface area (Å²) in [6.45, 7) is 0.214. The van der Waals surface area contributed by atoms with E-state index in [1.165, 1.54) is 24.7 Å². The Kier molecular flexibility index (Phi) is 5.44. The molecule has 0 radical (unpaired) electrons. The van der Waals surface area contributed by atoms with Gasteiger partial charge in [-0.15, -0.1) is 0 Å². The minimum absolute atomic E-state index is 0.0522. The topological polar surface area (TPSA) is 118 Å². The summed E-state index contributed by atoms with van der Waals surface area (Å²) < 4.78 is 2.30. The van der Waals surface area contributed by atoms with E-state index in [0.717, 1.165) is 15.5 Å². The number of amides is 2. The van der Waals surface area contributed by atoms with E-state index in [9.17, 15) is 19.2 Å². The third-order valence-corrected chi connectivity index (χ3v) is 4.50. The molecule has 2 aromatic heterocycles. The van der Waals surface area contributed by atoms with Crippen LogP contribution in [0.25, 0.3) is 10.9 Å². The van der Waals surface area contributed by atoms with Crippen molar-refractivity contribution in [1.29, 1.82) is 0 Å². The SMILES string of the molecule is Cn1c(CNC(=O)CCNC(=O)c2cc3ccccc3[nH]2)cc(=O)n(C)c1=O. The molecule has 2 heterocycles. The first-order chi connectivity index (χ1) is 13.4. The first kappa shape index (κ1) is 19.2. The molecule has 0 atom stereocenters. The molecule has 1 aromatic carbocycles. The number of para-hydroxylation sites is 1. The maximum Gasteiger partial charge on any atom is 0.330 e. The number of benzene rings is 1. The number of aromatic amines is 1. The van der Waals surface area contributed by atoms with Crippen LogP contribution in [0.1, 0.15) is 22.6 Å². The molecule has 0 spiro atoms. The second-order valence-electron chi connectivity index (χ2n) is 6.43. The molecule has 0 aliphatic heterocycles. The predicted molar refractivity (Wildman–Crippen MR) is 104 cm³/mol. The first-order valence-corrected chi connectivity index (χ1v) is 8.75. The zero-order chi connectivity index (χ0) is 20.3. The van der Waals surface area contributed by atoms with E-state index in [0.29, 0.717) is 11.4 Å². The Balaban J connectivity index is 1.50. The summed E-state index contributed by atoms with van der Waals surface area (Å²) in [6, 6.07) is 10.6. The lowest BCUT2D eigenvalue weighted by molar-refractivity contribution is -0.121. The number of aromatic nitrogens is 3. The molecule has 3 aromatic rings. The Bertz CT molecular complexity index is 1120. The average molecular weight is 383 g/mol. The predicted octanol–water partition coefficient (Wildman–Crippen LogP) is 0.00160. The van der Waals surface area contributed by atoms with Crippen molar-refractivity contribution in [2.24, 2.45) is 14.1 Å². The highest BCUT2D eigenvalue weighted by Gasteiger charge is 2.11. The number of nitrogens with zero attached hydrogens (tertiary/aromatic N) is 2. The molecule has 3 rings (SSSR count). The first-order valence-electron chi connectivity index (χ1n) is 8.75. The Labute approximate surface area is 160 Å². The molecule has 0 saturated carbocycles. The van der Waals surface area contributed by atoms with E-state index in [4.69, 9.17) is 0 Å². The lowest BCUT2D eigenvalue weighted by Gasteiger charge is -2.10. The lowest BCUT2D eigenvalue weighted by atomic mass is 10.2. The molecule has 28 heavy (non-hydrogen) atoms. The fourth-order valence-electron chi connectivity index (χ4n) is 2.81. The highest BCUT2D eigenvalue weighted by molar-refractivity contribution is 5.98. The summed E-state index contributed by atoms with van der Waals surface area (Å²) in [5.74, 6) is -0.594. The van der Waals surface area contributed by atoms with Crippen molar-refractivity contribution in [2.75, 3.05) is 6.54 Å². The third-order valence-electron chi connectivity index (χ3n) is 4.50. The molecule has 0 aliphatic rings. The van der Waals surface area contributed by atoms with Crippen molar-refractivity contribution in [1.82, 2.24) is 24.8 Å². The van der Waals surface area contributed by atoms with Gasteiger partial charge < -0.3 is 15.6 Å². The molecular weight excluding hydrogens is 362 g/mol. The van der Waals surface area contributed by atoms with Gasteiger partial charge in [0.25, 0.3) is 11.5 Å². The molecule has 0 unspecified atom stereocenters. The summed E-state index contributed by atoms with van der Waals surface area (Å²) in [7, 11) is 2.92. The van der Waals surface area contributed by atoms with Gasteiger partial charge in [-0.05, 0) is 12.1 Å². The zero-order valence-electron chi connectivity index (χ0n) is 15.6. The summed E-state index contributed by atoms with van der Waals surface area (Å²) in [6.07, 6.45) is 0.0742. The number of carbonyl (C=O) groups excluding carboxylic acids is 2. The maximum atomic E-state index is 12.2. The number of hydrogen-bond acceptors (Lipinski definition) is 4. The van der Waals surface area contributed by atoms with Crippen molar-refractivity contribution in [3.8, 4) is 0 Å². The van der Waals surface area contributed by atoms with Crippen molar-refractivity contribution in [3.63, 3.8) is 0 Å². The second kappa shape index (κ2) is 7.95. The van der Waals surface area contributed by atoms with E-state index in [2.05, 4.69) is 15.6 Å². The molecule has 0 saturated heterocycles. The van der Waals surface area contributed by atoms with Crippen LogP contribution in [0.2, 0.25) is 0 Å². The Hall–Kier alpha value is -3.62. The molecule has 2 amide bonds. The van der Waals surface area contributed by atoms with Gasteiger partial charge in [-0.1, -0.05) is 18.2 Å². The van der Waals surface area contributed by atoms with Crippen LogP contribution >= 0.6 is 0 Å². The molecular formula is C19H21N5O4. The van der Waals surface area contributed by atoms with Crippen molar-refractivity contribution in [2.45, 2.75) is 13.0 Å². The van der Waals surface area contributed by atoms with Gasteiger partial charge in [-0.2, -0.15) is 0 Å². The van der Waals surface area contributed by atoms with Crippen LogP contribution in [0.4, 0.5) is 0 Å². The van der Waals surface area contributed by atoms with Crippen LogP contribution < -0.4 is 21.9 Å². The zero-order valence-corrected chi connectivity index (χ0v) is 15.6. The minimum atomic E-state index is -0.456. The average Bonchev–Trinajstić information content (AvgIpc) is 3.12. The molecule has 9 heteroatoms. The molecule has 146 valence electrons. The quantitative estimate of drug-likeness (QED) is 0.555. The standard InChI is InChI=1S/C19H21N5O4/c1-23-13(10-17(26)24(2)19(23)28)11-21-16(25)7-8-20-18(27)15-9-12-5-3-4-6-14(12)22-15/h3-6,9-10,22H,7-8,11H2,1-2H3,(H,20,27)(H,21,25). The van der Waals surface area contributed by atoms with Crippen LogP contribution in [0, 0.1) is 0 Å². The third kappa shape index (κ3) is 4.03. The van der Waals surface area contributed by atoms with Crippen LogP contribution in [-0.4, -0.2) is 32.5 Å². The summed E-state index contributed by atoms with van der Waals surface area (Å²) in [4.78, 5) is 50.7. The Morgan fingerprint density at radius 3 is 2.54 bits per heavy atom. The molecule has 0 aliphatic carbocycles. The molecule has 0 fully saturated rings. The normalized spacial score (nSPS) is 10.8. The highest BCUT2D eigenvalue weighted by Crippen LogP contribution is 2.14. The number of H-pyrrole nitrogens is 1. The molecule has 3 N–H and O–H groups in total. The van der Waals surface area contributed by atoms with Crippen molar-refractivity contribution in [3.05, 3.63) is 68.6 Å². The van der Waals surface area contributed by atoms with E-state index in [-0.39, 0.29) is 31.3 Å². The number of carbonyl (C=O) groups is 2. The minimum Gasteiger partial charge on any atom is -0.351 e. The molecule has 9 nitrogen and oxygen atoms in total. The lowest BCUT2D eigenvalue weighted by Crippen LogP contribution is -2.39. The van der Waals surface area contributed by atoms with Crippen LogP contribution in [0.15, 0.2) is 46.0 Å². The number of rotatable bonds is 6. The maximum absolute atomic E-state index is 12.2. The van der Waals surface area contributed by atoms with Gasteiger partial charge in [0, 0.05) is 49.7 Å². The fraction of sp³-hybridized carbons (Fsp3) is 0.263. The second-order valence-corrected chi connectivity index (χ2v) is 6.43. The van der Waals surface area contributed by atoms with E-state index in [1.54, 1.807) is 6.07 Å². The van der Waals surface area contributed by atoms with Crippen molar-refractivity contribution < 1.29 is 9.59 Å². The summed E-state index contributed by atoms with van der Waals surface area (Å²) in [5.41, 5.74) is 0.811. The molecule has 0 bridgehead atoms. The van der Waals surface area contributed by atoms with Crippen LogP contribution in [0.5, 0.6) is 0 Å². The largest absolute Gasteiger partial charge is 0.351 e. The van der Waals surface area contributed by atoms with E-state index < -0.39 is 11.2 Å². The van der Waals surface area contributed by atoms with Gasteiger partial charge in [-0.25, -0.2) is 4.79 Å². The van der Waals surface area contributed by atoms with Gasteiger partial charge in [0.2, 0.25) is 5.91 Å².